The van der Waals surface area contributed by atoms with Crippen molar-refractivity contribution in [3.05, 3.63) is 17.4 Å². The van der Waals surface area contributed by atoms with Crippen LogP contribution in [0.2, 0.25) is 0 Å². The number of H-pyrrole nitrogens is 1. The van der Waals surface area contributed by atoms with Crippen LogP contribution in [-0.2, 0) is 5.41 Å². The molecule has 3 rings (SSSR count). The molecule has 8 heteroatoms. The second-order valence-electron chi connectivity index (χ2n) is 5.44. The fourth-order valence-electron chi connectivity index (χ4n) is 1.72. The van der Waals surface area contributed by atoms with Gasteiger partial charge in [-0.3, -0.25) is 0 Å². The summed E-state index contributed by atoms with van der Waals surface area (Å²) < 4.78 is 0. The zero-order valence-electron chi connectivity index (χ0n) is 11.4. The maximum atomic E-state index is 5.68. The van der Waals surface area contributed by atoms with Gasteiger partial charge in [-0.1, -0.05) is 20.8 Å². The van der Waals surface area contributed by atoms with Crippen molar-refractivity contribution in [2.24, 2.45) is 0 Å². The molecule has 3 heterocycles. The first kappa shape index (κ1) is 12.8. The van der Waals surface area contributed by atoms with E-state index in [1.165, 1.54) is 11.3 Å². The molecule has 0 saturated heterocycles. The number of nitrogen functional groups attached to an aromatic ring is 1. The molecule has 0 unspecified atom stereocenters. The highest BCUT2D eigenvalue weighted by Gasteiger charge is 2.18. The maximum Gasteiger partial charge on any atom is 0.224 e. The summed E-state index contributed by atoms with van der Waals surface area (Å²) in [6.07, 6.45) is 1.56. The van der Waals surface area contributed by atoms with Crippen LogP contribution in [0.1, 0.15) is 26.5 Å². The number of hydrogen-bond acceptors (Lipinski definition) is 7. The Labute approximate surface area is 119 Å². The maximum absolute atomic E-state index is 5.68. The molecule has 20 heavy (non-hydrogen) atoms. The van der Waals surface area contributed by atoms with Gasteiger partial charge in [-0.05, 0) is 0 Å². The van der Waals surface area contributed by atoms with Gasteiger partial charge in [0.15, 0.2) is 16.6 Å². The van der Waals surface area contributed by atoms with E-state index in [0.717, 1.165) is 10.8 Å². The molecule has 0 aliphatic heterocycles. The van der Waals surface area contributed by atoms with E-state index in [1.54, 1.807) is 6.33 Å². The molecule has 0 aromatic carbocycles. The van der Waals surface area contributed by atoms with Gasteiger partial charge in [0.2, 0.25) is 5.95 Å². The number of aromatic amines is 1. The molecule has 0 atom stereocenters. The molecule has 0 fully saturated rings. The fourth-order valence-corrected chi connectivity index (χ4v) is 2.65. The number of hydrogen-bond donors (Lipinski definition) is 3. The molecule has 0 aliphatic rings. The Bertz CT molecular complexity index is 753. The molecule has 0 amide bonds. The number of fused-ring (bicyclic) bond motifs is 1. The predicted octanol–water partition coefficient (Wildman–Crippen LogP) is 2.43. The summed E-state index contributed by atoms with van der Waals surface area (Å²) in [6.45, 7) is 6.38. The molecular formula is C12H15N7S. The Balaban J connectivity index is 1.97. The molecule has 7 nitrogen and oxygen atoms in total. The first-order valence-electron chi connectivity index (χ1n) is 6.13. The van der Waals surface area contributed by atoms with E-state index < -0.39 is 0 Å². The lowest BCUT2D eigenvalue weighted by molar-refractivity contribution is 0.573. The van der Waals surface area contributed by atoms with Crippen LogP contribution in [0.3, 0.4) is 0 Å². The van der Waals surface area contributed by atoms with Crippen LogP contribution in [0.25, 0.3) is 11.2 Å². The molecule has 3 aromatic rings. The summed E-state index contributed by atoms with van der Waals surface area (Å²) in [5.74, 6) is 0.763. The van der Waals surface area contributed by atoms with Crippen molar-refractivity contribution in [2.45, 2.75) is 26.2 Å². The van der Waals surface area contributed by atoms with E-state index in [1.807, 2.05) is 5.38 Å². The number of nitrogens with two attached hydrogens (primary N) is 1. The van der Waals surface area contributed by atoms with Gasteiger partial charge >= 0.3 is 0 Å². The van der Waals surface area contributed by atoms with Gasteiger partial charge in [0.1, 0.15) is 5.52 Å². The number of aromatic nitrogens is 5. The number of nitrogens with zero attached hydrogens (tertiary/aromatic N) is 4. The van der Waals surface area contributed by atoms with E-state index in [9.17, 15) is 0 Å². The Morgan fingerprint density at radius 3 is 2.75 bits per heavy atom. The van der Waals surface area contributed by atoms with Crippen LogP contribution in [0, 0.1) is 0 Å². The van der Waals surface area contributed by atoms with Crippen molar-refractivity contribution >= 4 is 39.4 Å². The average Bonchev–Trinajstić information content (AvgIpc) is 2.95. The van der Waals surface area contributed by atoms with Crippen molar-refractivity contribution in [3.63, 3.8) is 0 Å². The van der Waals surface area contributed by atoms with E-state index >= 15 is 0 Å². The van der Waals surface area contributed by atoms with Crippen molar-refractivity contribution in [3.8, 4) is 0 Å². The predicted molar refractivity (Wildman–Crippen MR) is 80.2 cm³/mol. The van der Waals surface area contributed by atoms with Crippen LogP contribution >= 0.6 is 11.3 Å². The first-order valence-corrected chi connectivity index (χ1v) is 7.01. The lowest BCUT2D eigenvalue weighted by atomic mass is 9.93. The smallest absolute Gasteiger partial charge is 0.224 e. The summed E-state index contributed by atoms with van der Waals surface area (Å²) in [4.78, 5) is 19.9. The average molecular weight is 289 g/mol. The number of imidazole rings is 1. The Morgan fingerprint density at radius 1 is 1.25 bits per heavy atom. The Kier molecular flexibility index (Phi) is 2.82. The van der Waals surface area contributed by atoms with Crippen LogP contribution in [-0.4, -0.2) is 24.9 Å². The second-order valence-corrected chi connectivity index (χ2v) is 6.30. The quantitative estimate of drug-likeness (QED) is 0.669. The van der Waals surface area contributed by atoms with E-state index in [2.05, 4.69) is 51.0 Å². The summed E-state index contributed by atoms with van der Waals surface area (Å²) in [5, 5.41) is 5.98. The van der Waals surface area contributed by atoms with Crippen LogP contribution < -0.4 is 11.1 Å². The molecule has 0 spiro atoms. The monoisotopic (exact) mass is 289 g/mol. The number of nitrogens with one attached hydrogen (secondary N) is 2. The highest BCUT2D eigenvalue weighted by atomic mass is 32.1. The largest absolute Gasteiger partial charge is 0.368 e. The molecule has 4 N–H and O–H groups in total. The SMILES string of the molecule is CC(C)(C)c1csc(Nc2nc(N)nc3nc[nH]c23)n1. The van der Waals surface area contributed by atoms with Crippen LogP contribution in [0.15, 0.2) is 11.7 Å². The van der Waals surface area contributed by atoms with Gasteiger partial charge in [0, 0.05) is 10.8 Å². The second kappa shape index (κ2) is 4.41. The van der Waals surface area contributed by atoms with Crippen molar-refractivity contribution in [1.29, 1.82) is 0 Å². The Morgan fingerprint density at radius 2 is 2.05 bits per heavy atom. The zero-order valence-corrected chi connectivity index (χ0v) is 12.2. The van der Waals surface area contributed by atoms with Gasteiger partial charge in [-0.15, -0.1) is 11.3 Å². The molecule has 104 valence electrons. The van der Waals surface area contributed by atoms with E-state index in [0.29, 0.717) is 17.0 Å². The normalized spacial score (nSPS) is 11.9. The first-order chi connectivity index (χ1) is 9.43. The number of anilines is 3. The van der Waals surface area contributed by atoms with Gasteiger partial charge in [-0.25, -0.2) is 9.97 Å². The summed E-state index contributed by atoms with van der Waals surface area (Å²) in [5.41, 5.74) is 7.98. The van der Waals surface area contributed by atoms with E-state index in [4.69, 9.17) is 5.73 Å². The van der Waals surface area contributed by atoms with Crippen LogP contribution in [0.4, 0.5) is 16.9 Å². The van der Waals surface area contributed by atoms with Crippen molar-refractivity contribution in [2.75, 3.05) is 11.1 Å². The van der Waals surface area contributed by atoms with Crippen molar-refractivity contribution in [1.82, 2.24) is 24.9 Å². The molecule has 0 aliphatic carbocycles. The molecular weight excluding hydrogens is 274 g/mol. The minimum atomic E-state index is 0.0183. The number of rotatable bonds is 2. The minimum Gasteiger partial charge on any atom is -0.368 e. The highest BCUT2D eigenvalue weighted by Crippen LogP contribution is 2.29. The third-order valence-corrected chi connectivity index (χ3v) is 3.56. The van der Waals surface area contributed by atoms with Gasteiger partial charge in [-0.2, -0.15) is 9.97 Å². The molecule has 3 aromatic heterocycles. The standard InChI is InChI=1S/C12H15N7S/c1-12(2,3)6-4-20-11(16-6)19-9-7-8(15-5-14-7)17-10(13)18-9/h4-5H,1-3H3,(H4,13,14,15,16,17,18,19). The van der Waals surface area contributed by atoms with Gasteiger partial charge in [0.25, 0.3) is 0 Å². The van der Waals surface area contributed by atoms with Crippen molar-refractivity contribution < 1.29 is 0 Å². The fraction of sp³-hybridized carbons (Fsp3) is 0.333. The van der Waals surface area contributed by atoms with E-state index in [-0.39, 0.29) is 11.4 Å². The topological polar surface area (TPSA) is 105 Å². The third-order valence-electron chi connectivity index (χ3n) is 2.80. The number of thiazole rings is 1. The lowest BCUT2D eigenvalue weighted by Crippen LogP contribution is -2.11. The molecule has 0 bridgehead atoms. The summed E-state index contributed by atoms with van der Waals surface area (Å²) in [7, 11) is 0. The third kappa shape index (κ3) is 2.29. The summed E-state index contributed by atoms with van der Waals surface area (Å²) >= 11 is 1.53. The molecule has 0 saturated carbocycles. The zero-order chi connectivity index (χ0) is 14.3. The van der Waals surface area contributed by atoms with Crippen LogP contribution in [0.5, 0.6) is 0 Å². The van der Waals surface area contributed by atoms with Gasteiger partial charge in [0.05, 0.1) is 12.0 Å². The highest BCUT2D eigenvalue weighted by molar-refractivity contribution is 7.13. The lowest BCUT2D eigenvalue weighted by Gasteiger charge is -2.14. The minimum absolute atomic E-state index is 0.0183. The summed E-state index contributed by atoms with van der Waals surface area (Å²) in [6, 6.07) is 0. The Hall–Kier alpha value is -2.22. The van der Waals surface area contributed by atoms with Gasteiger partial charge < -0.3 is 16.0 Å². The molecule has 0 radical (unpaired) electrons.